The summed E-state index contributed by atoms with van der Waals surface area (Å²) in [5.41, 5.74) is 0. The van der Waals surface area contributed by atoms with Gasteiger partial charge in [-0.1, -0.05) is 6.42 Å². The van der Waals surface area contributed by atoms with Crippen LogP contribution in [0.15, 0.2) is 0 Å². The van der Waals surface area contributed by atoms with Crippen LogP contribution in [0.3, 0.4) is 0 Å². The molecule has 2 unspecified atom stereocenters. The van der Waals surface area contributed by atoms with E-state index in [0.717, 1.165) is 45.3 Å². The quantitative estimate of drug-likeness (QED) is 0.746. The number of sulfonamides is 1. The van der Waals surface area contributed by atoms with Crippen LogP contribution in [0, 0.1) is 0 Å². The summed E-state index contributed by atoms with van der Waals surface area (Å²) in [7, 11) is -3.13. The largest absolute Gasteiger partial charge is 0.378 e. The second-order valence-corrected chi connectivity index (χ2v) is 7.85. The summed E-state index contributed by atoms with van der Waals surface area (Å²) in [5.74, 6) is 0.232. The van der Waals surface area contributed by atoms with Crippen LogP contribution in [0.1, 0.15) is 51.4 Å². The molecule has 0 aromatic heterocycles. The van der Waals surface area contributed by atoms with Gasteiger partial charge in [0.25, 0.3) is 0 Å². The summed E-state index contributed by atoms with van der Waals surface area (Å²) in [6.07, 6.45) is 8.68. The zero-order chi connectivity index (χ0) is 14.3. The average Bonchev–Trinajstić information content (AvgIpc) is 2.47. The van der Waals surface area contributed by atoms with Crippen molar-refractivity contribution in [3.05, 3.63) is 0 Å². The molecule has 0 aromatic carbocycles. The van der Waals surface area contributed by atoms with E-state index in [0.29, 0.717) is 12.6 Å². The molecule has 0 bridgehead atoms. The molecule has 6 heteroatoms. The van der Waals surface area contributed by atoms with Crippen molar-refractivity contribution in [2.75, 3.05) is 25.4 Å². The summed E-state index contributed by atoms with van der Waals surface area (Å²) in [5, 5.41) is 3.39. The molecule has 5 nitrogen and oxygen atoms in total. The molecule has 0 aliphatic carbocycles. The fourth-order valence-electron chi connectivity index (χ4n) is 2.95. The van der Waals surface area contributed by atoms with Crippen molar-refractivity contribution < 1.29 is 13.2 Å². The molecule has 2 N–H and O–H groups in total. The third-order valence-electron chi connectivity index (χ3n) is 4.21. The maximum absolute atomic E-state index is 11.9. The Kier molecular flexibility index (Phi) is 6.74. The summed E-state index contributed by atoms with van der Waals surface area (Å²) < 4.78 is 32.2. The van der Waals surface area contributed by atoms with E-state index in [1.165, 1.54) is 19.3 Å². The van der Waals surface area contributed by atoms with Crippen molar-refractivity contribution in [2.45, 2.75) is 63.5 Å². The molecule has 20 heavy (non-hydrogen) atoms. The number of ether oxygens (including phenoxy) is 1. The highest BCUT2D eigenvalue weighted by Crippen LogP contribution is 2.15. The van der Waals surface area contributed by atoms with Gasteiger partial charge in [-0.05, 0) is 51.5 Å². The van der Waals surface area contributed by atoms with Crippen LogP contribution in [-0.2, 0) is 14.8 Å². The summed E-state index contributed by atoms with van der Waals surface area (Å²) in [6.45, 7) is 2.35. The van der Waals surface area contributed by atoms with Crippen LogP contribution in [0.4, 0.5) is 0 Å². The Bertz CT molecular complexity index is 361. The van der Waals surface area contributed by atoms with Crippen LogP contribution < -0.4 is 10.0 Å². The molecule has 2 aliphatic heterocycles. The van der Waals surface area contributed by atoms with E-state index in [1.807, 2.05) is 0 Å². The van der Waals surface area contributed by atoms with Gasteiger partial charge in [0.1, 0.15) is 0 Å². The maximum atomic E-state index is 11.9. The van der Waals surface area contributed by atoms with Crippen LogP contribution in [0.5, 0.6) is 0 Å². The standard InChI is InChI=1S/C14H28N2O3S/c17-20(18,12-8-13-5-1-3-9-15-13)16-10-7-14-6-2-4-11-19-14/h13-16H,1-12H2. The van der Waals surface area contributed by atoms with Crippen molar-refractivity contribution in [3.63, 3.8) is 0 Å². The Morgan fingerprint density at radius 2 is 1.95 bits per heavy atom. The minimum absolute atomic E-state index is 0.232. The Morgan fingerprint density at radius 1 is 1.10 bits per heavy atom. The first-order chi connectivity index (χ1) is 9.66. The second kappa shape index (κ2) is 8.32. The maximum Gasteiger partial charge on any atom is 0.211 e. The van der Waals surface area contributed by atoms with Gasteiger partial charge in [-0.25, -0.2) is 13.1 Å². The predicted molar refractivity (Wildman–Crippen MR) is 80.3 cm³/mol. The predicted octanol–water partition coefficient (Wildman–Crippen LogP) is 1.40. The zero-order valence-electron chi connectivity index (χ0n) is 12.3. The Labute approximate surface area is 122 Å². The number of hydrogen-bond acceptors (Lipinski definition) is 4. The normalized spacial score (nSPS) is 28.4. The molecule has 2 fully saturated rings. The highest BCUT2D eigenvalue weighted by atomic mass is 32.2. The minimum Gasteiger partial charge on any atom is -0.378 e. The average molecular weight is 304 g/mol. The van der Waals surface area contributed by atoms with Gasteiger partial charge in [0.05, 0.1) is 11.9 Å². The lowest BCUT2D eigenvalue weighted by Gasteiger charge is -2.24. The monoisotopic (exact) mass is 304 g/mol. The number of nitrogens with one attached hydrogen (secondary N) is 2. The van der Waals surface area contributed by atoms with Gasteiger partial charge in [-0.3, -0.25) is 0 Å². The lowest BCUT2D eigenvalue weighted by Crippen LogP contribution is -2.37. The van der Waals surface area contributed by atoms with Gasteiger partial charge in [0.2, 0.25) is 10.0 Å². The molecule has 118 valence electrons. The zero-order valence-corrected chi connectivity index (χ0v) is 13.1. The number of hydrogen-bond donors (Lipinski definition) is 2. The van der Waals surface area contributed by atoms with Crippen LogP contribution in [0.25, 0.3) is 0 Å². The Morgan fingerprint density at radius 3 is 2.65 bits per heavy atom. The molecule has 2 heterocycles. The van der Waals surface area contributed by atoms with Gasteiger partial charge in [0, 0.05) is 19.2 Å². The topological polar surface area (TPSA) is 67.4 Å². The third-order valence-corrected chi connectivity index (χ3v) is 5.63. The van der Waals surface area contributed by atoms with E-state index in [1.54, 1.807) is 0 Å². The summed E-state index contributed by atoms with van der Waals surface area (Å²) >= 11 is 0. The van der Waals surface area contributed by atoms with Crippen molar-refractivity contribution in [1.29, 1.82) is 0 Å². The summed E-state index contributed by atoms with van der Waals surface area (Å²) in [4.78, 5) is 0. The van der Waals surface area contributed by atoms with Crippen molar-refractivity contribution in [3.8, 4) is 0 Å². The SMILES string of the molecule is O=S(=O)(CCC1CCCCN1)NCCC1CCCCO1. The first kappa shape index (κ1) is 16.2. The Hall–Kier alpha value is -0.170. The van der Waals surface area contributed by atoms with Gasteiger partial charge >= 0.3 is 0 Å². The van der Waals surface area contributed by atoms with Crippen LogP contribution in [0.2, 0.25) is 0 Å². The molecule has 0 saturated carbocycles. The van der Waals surface area contributed by atoms with E-state index in [2.05, 4.69) is 10.0 Å². The minimum atomic E-state index is -3.13. The van der Waals surface area contributed by atoms with E-state index >= 15 is 0 Å². The second-order valence-electron chi connectivity index (χ2n) is 5.93. The summed E-state index contributed by atoms with van der Waals surface area (Å²) in [6, 6.07) is 0.377. The first-order valence-electron chi connectivity index (χ1n) is 7.98. The van der Waals surface area contributed by atoms with Crippen molar-refractivity contribution >= 4 is 10.0 Å². The molecule has 0 aromatic rings. The van der Waals surface area contributed by atoms with Crippen molar-refractivity contribution in [2.24, 2.45) is 0 Å². The van der Waals surface area contributed by atoms with Crippen molar-refractivity contribution in [1.82, 2.24) is 10.0 Å². The highest BCUT2D eigenvalue weighted by Gasteiger charge is 2.18. The van der Waals surface area contributed by atoms with E-state index in [9.17, 15) is 8.42 Å². The molecule has 2 aliphatic rings. The number of piperidine rings is 1. The molecular weight excluding hydrogens is 276 g/mol. The van der Waals surface area contributed by atoms with E-state index in [-0.39, 0.29) is 11.9 Å². The molecule has 2 atom stereocenters. The van der Waals surface area contributed by atoms with Gasteiger partial charge in [0.15, 0.2) is 0 Å². The lowest BCUT2D eigenvalue weighted by molar-refractivity contribution is 0.0123. The fraction of sp³-hybridized carbons (Fsp3) is 1.00. The smallest absolute Gasteiger partial charge is 0.211 e. The highest BCUT2D eigenvalue weighted by molar-refractivity contribution is 7.89. The van der Waals surface area contributed by atoms with E-state index < -0.39 is 10.0 Å². The number of rotatable bonds is 7. The Balaban J connectivity index is 1.60. The van der Waals surface area contributed by atoms with Crippen LogP contribution >= 0.6 is 0 Å². The van der Waals surface area contributed by atoms with Crippen LogP contribution in [-0.4, -0.2) is 46.0 Å². The fourth-order valence-corrected chi connectivity index (χ4v) is 4.12. The molecule has 0 radical (unpaired) electrons. The first-order valence-corrected chi connectivity index (χ1v) is 9.63. The molecule has 0 amide bonds. The van der Waals surface area contributed by atoms with Gasteiger partial charge in [-0.2, -0.15) is 0 Å². The van der Waals surface area contributed by atoms with Gasteiger partial charge < -0.3 is 10.1 Å². The molecule has 2 saturated heterocycles. The van der Waals surface area contributed by atoms with E-state index in [4.69, 9.17) is 4.74 Å². The molecule has 0 spiro atoms. The molecular formula is C14H28N2O3S. The van der Waals surface area contributed by atoms with Gasteiger partial charge in [-0.15, -0.1) is 0 Å². The lowest BCUT2D eigenvalue weighted by atomic mass is 10.0. The third kappa shape index (κ3) is 6.08. The molecule has 2 rings (SSSR count).